The molecule has 1 aliphatic heterocycles. The summed E-state index contributed by atoms with van der Waals surface area (Å²) < 4.78 is 33.4. The maximum atomic E-state index is 13.0. The fourth-order valence-corrected chi connectivity index (χ4v) is 5.05. The number of hydrogen-bond donors (Lipinski definition) is 2. The zero-order valence-electron chi connectivity index (χ0n) is 16.1. The molecule has 148 valence electrons. The van der Waals surface area contributed by atoms with Gasteiger partial charge in [0.15, 0.2) is 6.10 Å². The summed E-state index contributed by atoms with van der Waals surface area (Å²) in [4.78, 5) is 24.1. The van der Waals surface area contributed by atoms with Gasteiger partial charge < -0.3 is 10.1 Å². The number of anilines is 1. The van der Waals surface area contributed by atoms with Crippen LogP contribution in [-0.2, 0) is 19.6 Å². The summed E-state index contributed by atoms with van der Waals surface area (Å²) in [5.41, 5.74) is 3.34. The average molecular weight is 402 g/mol. The highest BCUT2D eigenvalue weighted by Gasteiger charge is 2.43. The SMILES string of the molecule is CC1=CC(=O)OC2C(S(=O)(=O)NC(=O)Nc3ccccc3C)=C(C)C=C(C)C12. The zero-order chi connectivity index (χ0) is 20.6. The molecule has 1 aromatic rings. The topological polar surface area (TPSA) is 102 Å². The van der Waals surface area contributed by atoms with Crippen molar-refractivity contribution in [3.05, 3.63) is 63.6 Å². The highest BCUT2D eigenvalue weighted by atomic mass is 32.2. The highest BCUT2D eigenvalue weighted by Crippen LogP contribution is 2.40. The van der Waals surface area contributed by atoms with E-state index in [1.54, 1.807) is 45.0 Å². The minimum Gasteiger partial charge on any atom is -0.452 e. The number of urea groups is 1. The molecule has 2 unspecified atom stereocenters. The summed E-state index contributed by atoms with van der Waals surface area (Å²) in [6, 6.07) is 6.14. The molecule has 8 heteroatoms. The molecule has 2 amide bonds. The van der Waals surface area contributed by atoms with Crippen LogP contribution in [-0.4, -0.2) is 26.5 Å². The van der Waals surface area contributed by atoms with Gasteiger partial charge in [0, 0.05) is 17.7 Å². The fourth-order valence-electron chi connectivity index (χ4n) is 3.67. The molecule has 7 nitrogen and oxygen atoms in total. The molecule has 3 rings (SSSR count). The Morgan fingerprint density at radius 3 is 2.36 bits per heavy atom. The molecule has 0 bridgehead atoms. The number of para-hydroxylation sites is 1. The Morgan fingerprint density at radius 2 is 1.68 bits per heavy atom. The van der Waals surface area contributed by atoms with Gasteiger partial charge in [-0.25, -0.2) is 22.7 Å². The van der Waals surface area contributed by atoms with Gasteiger partial charge in [-0.2, -0.15) is 0 Å². The van der Waals surface area contributed by atoms with Crippen LogP contribution in [0.2, 0.25) is 0 Å². The third kappa shape index (κ3) is 3.73. The molecule has 1 aliphatic carbocycles. The lowest BCUT2D eigenvalue weighted by molar-refractivity contribution is -0.143. The zero-order valence-corrected chi connectivity index (χ0v) is 16.9. The number of hydrogen-bond acceptors (Lipinski definition) is 5. The van der Waals surface area contributed by atoms with Crippen molar-refractivity contribution < 1.29 is 22.7 Å². The Kier molecular flexibility index (Phi) is 5.16. The first-order valence-corrected chi connectivity index (χ1v) is 10.3. The van der Waals surface area contributed by atoms with Crippen molar-refractivity contribution in [1.82, 2.24) is 4.72 Å². The molecular formula is C20H22N2O5S. The standard InChI is InChI=1S/C20H22N2O5S/c1-11-7-5-6-8-15(11)21-20(24)22-28(25,26)19-14(4)9-12(2)17-13(3)10-16(23)27-18(17)19/h5-10,17-18H,1-4H3,(H2,21,22,24). The Labute approximate surface area is 164 Å². The van der Waals surface area contributed by atoms with Gasteiger partial charge in [0.05, 0.1) is 0 Å². The van der Waals surface area contributed by atoms with E-state index in [1.165, 1.54) is 6.08 Å². The number of ether oxygens (including phenoxy) is 1. The number of benzene rings is 1. The van der Waals surface area contributed by atoms with Crippen LogP contribution in [0.5, 0.6) is 0 Å². The van der Waals surface area contributed by atoms with E-state index in [1.807, 2.05) is 17.7 Å². The molecule has 0 spiro atoms. The van der Waals surface area contributed by atoms with E-state index in [-0.39, 0.29) is 10.8 Å². The Hall–Kier alpha value is -2.87. The molecule has 1 aromatic carbocycles. The smallest absolute Gasteiger partial charge is 0.333 e. The van der Waals surface area contributed by atoms with E-state index in [0.717, 1.165) is 16.7 Å². The lowest BCUT2D eigenvalue weighted by Gasteiger charge is -2.36. The van der Waals surface area contributed by atoms with E-state index >= 15 is 0 Å². The number of amides is 2. The first kappa shape index (κ1) is 19.9. The average Bonchev–Trinajstić information content (AvgIpc) is 2.54. The minimum absolute atomic E-state index is 0.108. The molecule has 1 heterocycles. The number of allylic oxidation sites excluding steroid dienone is 2. The third-order valence-electron chi connectivity index (χ3n) is 4.87. The molecule has 0 aromatic heterocycles. The van der Waals surface area contributed by atoms with Crippen LogP contribution >= 0.6 is 0 Å². The molecule has 0 fully saturated rings. The van der Waals surface area contributed by atoms with Gasteiger partial charge in [-0.15, -0.1) is 0 Å². The van der Waals surface area contributed by atoms with Gasteiger partial charge >= 0.3 is 12.0 Å². The first-order chi connectivity index (χ1) is 13.1. The van der Waals surface area contributed by atoms with E-state index in [2.05, 4.69) is 5.32 Å². The van der Waals surface area contributed by atoms with Gasteiger partial charge in [0.2, 0.25) is 0 Å². The fraction of sp³-hybridized carbons (Fsp3) is 0.300. The van der Waals surface area contributed by atoms with Crippen molar-refractivity contribution in [2.24, 2.45) is 5.92 Å². The van der Waals surface area contributed by atoms with Crippen molar-refractivity contribution in [1.29, 1.82) is 0 Å². The second-order valence-electron chi connectivity index (χ2n) is 7.03. The minimum atomic E-state index is -4.24. The maximum Gasteiger partial charge on any atom is 0.333 e. The molecule has 2 atom stereocenters. The van der Waals surface area contributed by atoms with Crippen LogP contribution in [0.4, 0.5) is 10.5 Å². The van der Waals surface area contributed by atoms with Crippen molar-refractivity contribution >= 4 is 27.7 Å². The normalized spacial score (nSPS) is 21.9. The molecule has 2 N–H and O–H groups in total. The summed E-state index contributed by atoms with van der Waals surface area (Å²) in [5, 5.41) is 2.53. The predicted molar refractivity (Wildman–Crippen MR) is 106 cm³/mol. The van der Waals surface area contributed by atoms with Gasteiger partial charge in [-0.3, -0.25) is 0 Å². The van der Waals surface area contributed by atoms with E-state index < -0.39 is 28.1 Å². The van der Waals surface area contributed by atoms with Gasteiger partial charge in [-0.1, -0.05) is 35.4 Å². The third-order valence-corrected chi connectivity index (χ3v) is 6.46. The van der Waals surface area contributed by atoms with Gasteiger partial charge in [0.1, 0.15) is 4.91 Å². The summed E-state index contributed by atoms with van der Waals surface area (Å²) in [6.07, 6.45) is 2.11. The second kappa shape index (κ2) is 7.27. The number of aryl methyl sites for hydroxylation is 1. The van der Waals surface area contributed by atoms with Gasteiger partial charge in [0.25, 0.3) is 10.0 Å². The molecule has 0 saturated heterocycles. The monoisotopic (exact) mass is 402 g/mol. The molecule has 0 saturated carbocycles. The number of rotatable bonds is 3. The summed E-state index contributed by atoms with van der Waals surface area (Å²) in [5.74, 6) is -0.967. The lowest BCUT2D eigenvalue weighted by Crippen LogP contribution is -2.44. The lowest BCUT2D eigenvalue weighted by atomic mass is 9.81. The molecular weight excluding hydrogens is 380 g/mol. The second-order valence-corrected chi connectivity index (χ2v) is 8.68. The number of esters is 1. The van der Waals surface area contributed by atoms with Crippen LogP contribution in [0.3, 0.4) is 0 Å². The first-order valence-electron chi connectivity index (χ1n) is 8.77. The Balaban J connectivity index is 1.91. The number of carbonyl (C=O) groups excluding carboxylic acids is 2. The molecule has 2 aliphatic rings. The summed E-state index contributed by atoms with van der Waals surface area (Å²) >= 11 is 0. The maximum absolute atomic E-state index is 13.0. The van der Waals surface area contributed by atoms with Crippen LogP contribution < -0.4 is 10.0 Å². The van der Waals surface area contributed by atoms with Gasteiger partial charge in [-0.05, 0) is 44.9 Å². The molecule has 0 radical (unpaired) electrons. The quantitative estimate of drug-likeness (QED) is 0.756. The van der Waals surface area contributed by atoms with E-state index in [4.69, 9.17) is 4.74 Å². The van der Waals surface area contributed by atoms with Crippen molar-refractivity contribution in [2.45, 2.75) is 33.8 Å². The van der Waals surface area contributed by atoms with Crippen molar-refractivity contribution in [2.75, 3.05) is 5.32 Å². The van der Waals surface area contributed by atoms with Crippen LogP contribution in [0.25, 0.3) is 0 Å². The Bertz CT molecular complexity index is 1050. The predicted octanol–water partition coefficient (Wildman–Crippen LogP) is 3.17. The molecule has 28 heavy (non-hydrogen) atoms. The van der Waals surface area contributed by atoms with Crippen LogP contribution in [0.1, 0.15) is 26.3 Å². The number of fused-ring (bicyclic) bond motifs is 1. The largest absolute Gasteiger partial charge is 0.452 e. The number of carbonyl (C=O) groups is 2. The summed E-state index contributed by atoms with van der Waals surface area (Å²) in [7, 11) is -4.24. The van der Waals surface area contributed by atoms with Crippen LogP contribution in [0.15, 0.2) is 58.0 Å². The Morgan fingerprint density at radius 1 is 1.04 bits per heavy atom. The van der Waals surface area contributed by atoms with E-state index in [9.17, 15) is 18.0 Å². The van der Waals surface area contributed by atoms with E-state index in [0.29, 0.717) is 11.3 Å². The van der Waals surface area contributed by atoms with Crippen molar-refractivity contribution in [3.63, 3.8) is 0 Å². The van der Waals surface area contributed by atoms with Crippen molar-refractivity contribution in [3.8, 4) is 0 Å². The van der Waals surface area contributed by atoms with Crippen LogP contribution in [0, 0.1) is 12.8 Å². The number of nitrogens with one attached hydrogen (secondary N) is 2. The highest BCUT2D eigenvalue weighted by molar-refractivity contribution is 7.94. The number of sulfonamides is 1. The summed E-state index contributed by atoms with van der Waals surface area (Å²) in [6.45, 7) is 7.04.